The van der Waals surface area contributed by atoms with Crippen molar-refractivity contribution < 1.29 is 19.1 Å². The third-order valence-electron chi connectivity index (χ3n) is 0.864. The molecule has 0 atom stereocenters. The molecule has 1 aromatic heterocycles. The number of nitrogens with one attached hydrogen (secondary N) is 1. The van der Waals surface area contributed by atoms with Crippen molar-refractivity contribution in [2.45, 2.75) is 0 Å². The van der Waals surface area contributed by atoms with Gasteiger partial charge in [0.2, 0.25) is 5.88 Å². The third kappa shape index (κ3) is 1.78. The number of aromatic amines is 1. The van der Waals surface area contributed by atoms with Crippen LogP contribution in [0.2, 0.25) is 0 Å². The summed E-state index contributed by atoms with van der Waals surface area (Å²) in [6.07, 6.45) is 1.22. The van der Waals surface area contributed by atoms with Gasteiger partial charge in [0.1, 0.15) is 0 Å². The highest BCUT2D eigenvalue weighted by Crippen LogP contribution is 2.09. The van der Waals surface area contributed by atoms with Crippen LogP contribution in [0.5, 0.6) is 11.9 Å². The van der Waals surface area contributed by atoms with Gasteiger partial charge in [0.15, 0.2) is 0 Å². The molecule has 58 valence electrons. The Balaban J connectivity index is 2.64. The summed E-state index contributed by atoms with van der Waals surface area (Å²) in [5.74, 6) is 0.122. The minimum Gasteiger partial charge on any atom is -0.410 e. The number of hydrogen-bond donors (Lipinski definition) is 1. The smallest absolute Gasteiger partial charge is 0.304 e. The molecule has 6 heteroatoms. The average Bonchev–Trinajstić information content (AvgIpc) is 2.38. The van der Waals surface area contributed by atoms with Gasteiger partial charge in [-0.1, -0.05) is 0 Å². The Bertz CT molecular complexity index is 232. The second-order valence-corrected chi connectivity index (χ2v) is 1.48. The standard InChI is InChI=1S/C5H4N2O4/c8-2-10-4-1-6-5(7-4)11-3-9/h1-3H,(H,6,7). The zero-order valence-corrected chi connectivity index (χ0v) is 5.31. The maximum Gasteiger partial charge on any atom is 0.304 e. The number of ether oxygens (including phenoxy) is 2. The molecule has 0 aliphatic heterocycles. The van der Waals surface area contributed by atoms with E-state index in [4.69, 9.17) is 0 Å². The topological polar surface area (TPSA) is 81.3 Å². The van der Waals surface area contributed by atoms with Gasteiger partial charge in [0.05, 0.1) is 6.20 Å². The molecule has 0 saturated heterocycles. The summed E-state index contributed by atoms with van der Waals surface area (Å²) in [5, 5.41) is 0. The summed E-state index contributed by atoms with van der Waals surface area (Å²) in [6, 6.07) is -0.0168. The molecular weight excluding hydrogens is 152 g/mol. The minimum atomic E-state index is -0.0168. The quantitative estimate of drug-likeness (QED) is 0.593. The van der Waals surface area contributed by atoms with Crippen LogP contribution in [0.25, 0.3) is 0 Å². The maximum atomic E-state index is 9.76. The first kappa shape index (κ1) is 7.26. The van der Waals surface area contributed by atoms with Gasteiger partial charge in [0.25, 0.3) is 6.47 Å². The van der Waals surface area contributed by atoms with E-state index in [-0.39, 0.29) is 24.8 Å². The van der Waals surface area contributed by atoms with Crippen LogP contribution in [-0.4, -0.2) is 22.9 Å². The van der Waals surface area contributed by atoms with Crippen molar-refractivity contribution >= 4 is 12.9 Å². The number of nitrogens with zero attached hydrogens (tertiary/aromatic N) is 1. The fourth-order valence-electron chi connectivity index (χ4n) is 0.504. The SMILES string of the molecule is O=COc1cnc(OC=O)[nH]1. The summed E-state index contributed by atoms with van der Waals surface area (Å²) in [5.41, 5.74) is 0. The van der Waals surface area contributed by atoms with E-state index in [0.717, 1.165) is 0 Å². The predicted molar refractivity (Wildman–Crippen MR) is 32.0 cm³/mol. The van der Waals surface area contributed by atoms with Crippen LogP contribution in [0.15, 0.2) is 6.20 Å². The Kier molecular flexibility index (Phi) is 2.21. The van der Waals surface area contributed by atoms with E-state index in [2.05, 4.69) is 19.4 Å². The number of aromatic nitrogens is 2. The maximum absolute atomic E-state index is 9.76. The Morgan fingerprint density at radius 1 is 1.36 bits per heavy atom. The molecule has 11 heavy (non-hydrogen) atoms. The van der Waals surface area contributed by atoms with Crippen LogP contribution in [-0.2, 0) is 9.59 Å². The largest absolute Gasteiger partial charge is 0.410 e. The van der Waals surface area contributed by atoms with E-state index in [9.17, 15) is 9.59 Å². The van der Waals surface area contributed by atoms with E-state index in [1.165, 1.54) is 6.20 Å². The highest BCUT2D eigenvalue weighted by molar-refractivity contribution is 5.44. The van der Waals surface area contributed by atoms with Crippen molar-refractivity contribution in [1.29, 1.82) is 0 Å². The molecule has 6 nitrogen and oxygen atoms in total. The molecule has 1 aromatic rings. The number of H-pyrrole nitrogens is 1. The lowest BCUT2D eigenvalue weighted by molar-refractivity contribution is -0.121. The molecule has 1 N–H and O–H groups in total. The highest BCUT2D eigenvalue weighted by atomic mass is 16.5. The number of rotatable bonds is 4. The summed E-state index contributed by atoms with van der Waals surface area (Å²) < 4.78 is 8.63. The van der Waals surface area contributed by atoms with Gasteiger partial charge in [0, 0.05) is 0 Å². The molecule has 0 saturated carbocycles. The molecule has 0 aromatic carbocycles. The van der Waals surface area contributed by atoms with Crippen LogP contribution < -0.4 is 9.47 Å². The van der Waals surface area contributed by atoms with Gasteiger partial charge in [-0.05, 0) is 0 Å². The first-order valence-corrected chi connectivity index (χ1v) is 2.62. The molecule has 0 aliphatic carbocycles. The predicted octanol–water partition coefficient (Wildman–Crippen LogP) is -0.520. The van der Waals surface area contributed by atoms with Crippen LogP contribution in [0.1, 0.15) is 0 Å². The van der Waals surface area contributed by atoms with Crippen molar-refractivity contribution in [3.8, 4) is 11.9 Å². The summed E-state index contributed by atoms with van der Waals surface area (Å²) in [6.45, 7) is 0.446. The normalized spacial score (nSPS) is 8.73. The van der Waals surface area contributed by atoms with Crippen LogP contribution in [0, 0.1) is 0 Å². The molecule has 0 radical (unpaired) electrons. The zero-order valence-electron chi connectivity index (χ0n) is 5.31. The molecule has 0 fully saturated rings. The van der Waals surface area contributed by atoms with Crippen LogP contribution in [0.4, 0.5) is 0 Å². The Morgan fingerprint density at radius 3 is 2.73 bits per heavy atom. The molecular formula is C5H4N2O4. The van der Waals surface area contributed by atoms with Crippen molar-refractivity contribution in [1.82, 2.24) is 9.97 Å². The summed E-state index contributed by atoms with van der Waals surface area (Å²) in [7, 11) is 0. The molecule has 1 heterocycles. The number of carbonyl (C=O) groups is 2. The molecule has 0 unspecified atom stereocenters. The molecule has 0 bridgehead atoms. The van der Waals surface area contributed by atoms with Crippen LogP contribution in [0.3, 0.4) is 0 Å². The van der Waals surface area contributed by atoms with E-state index in [0.29, 0.717) is 0 Å². The van der Waals surface area contributed by atoms with Crippen molar-refractivity contribution in [2.75, 3.05) is 0 Å². The minimum absolute atomic E-state index is 0.0168. The Hall–Kier alpha value is -1.85. The second-order valence-electron chi connectivity index (χ2n) is 1.48. The fourth-order valence-corrected chi connectivity index (χ4v) is 0.504. The van der Waals surface area contributed by atoms with E-state index < -0.39 is 0 Å². The third-order valence-corrected chi connectivity index (χ3v) is 0.864. The van der Waals surface area contributed by atoms with Crippen molar-refractivity contribution in [2.24, 2.45) is 0 Å². The lowest BCUT2D eigenvalue weighted by Crippen LogP contribution is -1.91. The average molecular weight is 156 g/mol. The number of hydrogen-bond acceptors (Lipinski definition) is 5. The molecule has 0 spiro atoms. The highest BCUT2D eigenvalue weighted by Gasteiger charge is 1.99. The Labute approximate surface area is 61.1 Å². The van der Waals surface area contributed by atoms with Gasteiger partial charge < -0.3 is 9.47 Å². The zero-order chi connectivity index (χ0) is 8.10. The summed E-state index contributed by atoms with van der Waals surface area (Å²) >= 11 is 0. The van der Waals surface area contributed by atoms with Gasteiger partial charge in [-0.25, -0.2) is 0 Å². The van der Waals surface area contributed by atoms with Crippen LogP contribution >= 0.6 is 0 Å². The summed E-state index contributed by atoms with van der Waals surface area (Å²) in [4.78, 5) is 25.4. The molecule has 0 amide bonds. The Morgan fingerprint density at radius 2 is 2.09 bits per heavy atom. The first-order valence-electron chi connectivity index (χ1n) is 2.62. The van der Waals surface area contributed by atoms with Gasteiger partial charge >= 0.3 is 12.5 Å². The van der Waals surface area contributed by atoms with Crippen molar-refractivity contribution in [3.05, 3.63) is 6.20 Å². The van der Waals surface area contributed by atoms with E-state index >= 15 is 0 Å². The van der Waals surface area contributed by atoms with Gasteiger partial charge in [-0.2, -0.15) is 4.98 Å². The monoisotopic (exact) mass is 156 g/mol. The lowest BCUT2D eigenvalue weighted by Gasteiger charge is -1.88. The van der Waals surface area contributed by atoms with Crippen molar-refractivity contribution in [3.63, 3.8) is 0 Å². The van der Waals surface area contributed by atoms with E-state index in [1.807, 2.05) is 0 Å². The van der Waals surface area contributed by atoms with E-state index in [1.54, 1.807) is 0 Å². The second kappa shape index (κ2) is 3.35. The fraction of sp³-hybridized carbons (Fsp3) is 0. The molecule has 1 rings (SSSR count). The van der Waals surface area contributed by atoms with Gasteiger partial charge in [-0.3, -0.25) is 14.6 Å². The number of imidazole rings is 1. The number of carbonyl (C=O) groups excluding carboxylic acids is 2. The lowest BCUT2D eigenvalue weighted by atomic mass is 10.9. The molecule has 0 aliphatic rings. The first-order chi connectivity index (χ1) is 5.36. The van der Waals surface area contributed by atoms with Gasteiger partial charge in [-0.15, -0.1) is 0 Å².